The molecule has 0 saturated carbocycles. The molecule has 0 aliphatic heterocycles. The van der Waals surface area contributed by atoms with Crippen LogP contribution in [0.3, 0.4) is 0 Å². The van der Waals surface area contributed by atoms with E-state index in [9.17, 15) is 9.59 Å². The number of hydrogen-bond acceptors (Lipinski definition) is 3. The van der Waals surface area contributed by atoms with Gasteiger partial charge in [0.05, 0.1) is 5.69 Å². The van der Waals surface area contributed by atoms with Crippen molar-refractivity contribution in [3.8, 4) is 11.3 Å². The van der Waals surface area contributed by atoms with E-state index in [2.05, 4.69) is 10.4 Å². The maximum absolute atomic E-state index is 12.0. The number of carbonyl (C=O) groups excluding carboxylic acids is 1. The number of hydrogen-bond donors (Lipinski definition) is 1. The van der Waals surface area contributed by atoms with E-state index < -0.39 is 0 Å². The van der Waals surface area contributed by atoms with Crippen LogP contribution in [-0.2, 0) is 11.3 Å². The molecule has 0 radical (unpaired) electrons. The van der Waals surface area contributed by atoms with Crippen LogP contribution in [0.2, 0.25) is 0 Å². The topological polar surface area (TPSA) is 64.0 Å². The third-order valence-corrected chi connectivity index (χ3v) is 3.98. The molecule has 1 atom stereocenters. The van der Waals surface area contributed by atoms with Crippen LogP contribution in [0.25, 0.3) is 11.3 Å². The third kappa shape index (κ3) is 4.28. The van der Waals surface area contributed by atoms with Crippen LogP contribution in [0.15, 0.2) is 35.1 Å². The van der Waals surface area contributed by atoms with Crippen molar-refractivity contribution in [2.45, 2.75) is 46.7 Å². The normalized spacial score (nSPS) is 12.0. The van der Waals surface area contributed by atoms with E-state index in [0.717, 1.165) is 17.5 Å². The lowest BCUT2D eigenvalue weighted by Crippen LogP contribution is -2.37. The number of nitrogens with one attached hydrogen (secondary N) is 1. The van der Waals surface area contributed by atoms with E-state index in [0.29, 0.717) is 5.69 Å². The minimum atomic E-state index is -0.281. The number of aromatic nitrogens is 2. The van der Waals surface area contributed by atoms with E-state index in [1.54, 1.807) is 6.07 Å². The molecule has 0 aliphatic rings. The standard InChI is InChI=1S/C18H23N3O2/c1-5-14(4)19-17(22)11-21-18(23)9-8-16(20-21)15-7-6-12(2)13(3)10-15/h6-10,14H,5,11H2,1-4H3,(H,19,22)/t14-/m0/s1. The molecule has 0 spiro atoms. The van der Waals surface area contributed by atoms with Crippen LogP contribution in [0.5, 0.6) is 0 Å². The maximum Gasteiger partial charge on any atom is 0.267 e. The molecule has 2 rings (SSSR count). The Morgan fingerprint density at radius 1 is 1.22 bits per heavy atom. The lowest BCUT2D eigenvalue weighted by Gasteiger charge is -2.12. The fourth-order valence-electron chi connectivity index (χ4n) is 2.18. The summed E-state index contributed by atoms with van der Waals surface area (Å²) in [6.07, 6.45) is 0.844. The first-order valence-electron chi connectivity index (χ1n) is 7.86. The summed E-state index contributed by atoms with van der Waals surface area (Å²) < 4.78 is 1.21. The summed E-state index contributed by atoms with van der Waals surface area (Å²) in [6.45, 7) is 7.94. The van der Waals surface area contributed by atoms with Gasteiger partial charge in [-0.05, 0) is 50.5 Å². The molecule has 1 aromatic carbocycles. The predicted molar refractivity (Wildman–Crippen MR) is 91.3 cm³/mol. The number of aryl methyl sites for hydroxylation is 2. The van der Waals surface area contributed by atoms with Crippen LogP contribution >= 0.6 is 0 Å². The minimum absolute atomic E-state index is 0.0676. The van der Waals surface area contributed by atoms with Crippen molar-refractivity contribution in [1.29, 1.82) is 0 Å². The van der Waals surface area contributed by atoms with Crippen molar-refractivity contribution in [3.63, 3.8) is 0 Å². The molecule has 0 fully saturated rings. The first-order valence-corrected chi connectivity index (χ1v) is 7.86. The highest BCUT2D eigenvalue weighted by molar-refractivity contribution is 5.76. The van der Waals surface area contributed by atoms with Crippen LogP contribution < -0.4 is 10.9 Å². The van der Waals surface area contributed by atoms with Gasteiger partial charge in [-0.25, -0.2) is 4.68 Å². The first kappa shape index (κ1) is 16.9. The highest BCUT2D eigenvalue weighted by Gasteiger charge is 2.10. The zero-order valence-electron chi connectivity index (χ0n) is 14.1. The monoisotopic (exact) mass is 313 g/mol. The zero-order valence-corrected chi connectivity index (χ0v) is 14.1. The van der Waals surface area contributed by atoms with Crippen molar-refractivity contribution in [2.75, 3.05) is 0 Å². The Kier molecular flexibility index (Phi) is 5.32. The molecule has 0 bridgehead atoms. The smallest absolute Gasteiger partial charge is 0.267 e. The molecule has 23 heavy (non-hydrogen) atoms. The molecule has 5 heteroatoms. The summed E-state index contributed by atoms with van der Waals surface area (Å²) in [6, 6.07) is 9.26. The van der Waals surface area contributed by atoms with Gasteiger partial charge in [0.25, 0.3) is 5.56 Å². The molecule has 122 valence electrons. The highest BCUT2D eigenvalue weighted by atomic mass is 16.2. The molecule has 0 saturated heterocycles. The van der Waals surface area contributed by atoms with Crippen LogP contribution in [-0.4, -0.2) is 21.7 Å². The van der Waals surface area contributed by atoms with E-state index in [4.69, 9.17) is 0 Å². The van der Waals surface area contributed by atoms with Gasteiger partial charge < -0.3 is 5.32 Å². The number of carbonyl (C=O) groups is 1. The average Bonchev–Trinajstić information content (AvgIpc) is 2.52. The second kappa shape index (κ2) is 7.22. The minimum Gasteiger partial charge on any atom is -0.352 e. The number of benzene rings is 1. The lowest BCUT2D eigenvalue weighted by molar-refractivity contribution is -0.122. The van der Waals surface area contributed by atoms with Gasteiger partial charge in [-0.1, -0.05) is 19.1 Å². The summed E-state index contributed by atoms with van der Waals surface area (Å²) in [5.41, 5.74) is 3.71. The highest BCUT2D eigenvalue weighted by Crippen LogP contribution is 2.19. The van der Waals surface area contributed by atoms with Crippen LogP contribution in [0.1, 0.15) is 31.4 Å². The van der Waals surface area contributed by atoms with Crippen molar-refractivity contribution in [1.82, 2.24) is 15.1 Å². The number of rotatable bonds is 5. The van der Waals surface area contributed by atoms with Gasteiger partial charge in [0, 0.05) is 17.7 Å². The Hall–Kier alpha value is -2.43. The molecule has 1 aromatic heterocycles. The number of amides is 1. The van der Waals surface area contributed by atoms with Gasteiger partial charge >= 0.3 is 0 Å². The van der Waals surface area contributed by atoms with E-state index in [-0.39, 0.29) is 24.1 Å². The van der Waals surface area contributed by atoms with Crippen molar-refractivity contribution in [2.24, 2.45) is 0 Å². The second-order valence-corrected chi connectivity index (χ2v) is 5.89. The third-order valence-electron chi connectivity index (χ3n) is 3.98. The molecule has 2 aromatic rings. The Balaban J connectivity index is 2.26. The molecule has 1 amide bonds. The Labute approximate surface area is 136 Å². The molecule has 1 N–H and O–H groups in total. The zero-order chi connectivity index (χ0) is 17.0. The van der Waals surface area contributed by atoms with E-state index in [1.165, 1.54) is 16.3 Å². The summed E-state index contributed by atoms with van der Waals surface area (Å²) in [5, 5.41) is 7.17. The lowest BCUT2D eigenvalue weighted by atomic mass is 10.0. The molecule has 5 nitrogen and oxygen atoms in total. The van der Waals surface area contributed by atoms with E-state index >= 15 is 0 Å². The Morgan fingerprint density at radius 2 is 1.96 bits per heavy atom. The molecule has 1 heterocycles. The average molecular weight is 313 g/mol. The van der Waals surface area contributed by atoms with Gasteiger partial charge in [-0.2, -0.15) is 5.10 Å². The summed E-state index contributed by atoms with van der Waals surface area (Å²) in [5.74, 6) is -0.203. The van der Waals surface area contributed by atoms with Crippen molar-refractivity contribution < 1.29 is 4.79 Å². The Bertz CT molecular complexity index is 765. The summed E-state index contributed by atoms with van der Waals surface area (Å²) in [7, 11) is 0. The summed E-state index contributed by atoms with van der Waals surface area (Å²) >= 11 is 0. The molecular formula is C18H23N3O2. The fraction of sp³-hybridized carbons (Fsp3) is 0.389. The quantitative estimate of drug-likeness (QED) is 0.922. The first-order chi connectivity index (χ1) is 10.9. The Morgan fingerprint density at radius 3 is 2.61 bits per heavy atom. The fourth-order valence-corrected chi connectivity index (χ4v) is 2.18. The largest absolute Gasteiger partial charge is 0.352 e. The van der Waals surface area contributed by atoms with Crippen LogP contribution in [0.4, 0.5) is 0 Å². The SMILES string of the molecule is CC[C@H](C)NC(=O)Cn1nc(-c2ccc(C)c(C)c2)ccc1=O. The molecular weight excluding hydrogens is 290 g/mol. The van der Waals surface area contributed by atoms with Crippen LogP contribution in [0, 0.1) is 13.8 Å². The van der Waals surface area contributed by atoms with Gasteiger partial charge in [0.1, 0.15) is 6.54 Å². The van der Waals surface area contributed by atoms with E-state index in [1.807, 2.05) is 45.9 Å². The second-order valence-electron chi connectivity index (χ2n) is 5.89. The predicted octanol–water partition coefficient (Wildman–Crippen LogP) is 2.44. The molecule has 0 unspecified atom stereocenters. The number of nitrogens with zero attached hydrogens (tertiary/aromatic N) is 2. The van der Waals surface area contributed by atoms with Crippen molar-refractivity contribution in [3.05, 3.63) is 51.8 Å². The maximum atomic E-state index is 12.0. The molecule has 0 aliphatic carbocycles. The van der Waals surface area contributed by atoms with Gasteiger partial charge in [0.2, 0.25) is 5.91 Å². The van der Waals surface area contributed by atoms with Gasteiger partial charge in [0.15, 0.2) is 0 Å². The van der Waals surface area contributed by atoms with Gasteiger partial charge in [-0.15, -0.1) is 0 Å². The van der Waals surface area contributed by atoms with Crippen molar-refractivity contribution >= 4 is 5.91 Å². The summed E-state index contributed by atoms with van der Waals surface area (Å²) in [4.78, 5) is 23.9. The van der Waals surface area contributed by atoms with Gasteiger partial charge in [-0.3, -0.25) is 9.59 Å².